The Labute approximate surface area is 184 Å². The maximum atomic E-state index is 12.8. The zero-order chi connectivity index (χ0) is 22.5. The van der Waals surface area contributed by atoms with E-state index in [2.05, 4.69) is 10.6 Å². The molecule has 1 atom stereocenters. The van der Waals surface area contributed by atoms with Gasteiger partial charge in [-0.05, 0) is 42.0 Å². The van der Waals surface area contributed by atoms with Crippen LogP contribution in [0, 0.1) is 0 Å². The maximum Gasteiger partial charge on any atom is 0.309 e. The average molecular weight is 441 g/mol. The van der Waals surface area contributed by atoms with Crippen molar-refractivity contribution < 1.29 is 33.3 Å². The molecular formula is C22H23N3O7. The van der Waals surface area contributed by atoms with Crippen molar-refractivity contribution in [3.8, 4) is 17.2 Å². The van der Waals surface area contributed by atoms with Crippen molar-refractivity contribution in [2.45, 2.75) is 12.8 Å². The van der Waals surface area contributed by atoms with Crippen molar-refractivity contribution in [1.82, 2.24) is 15.5 Å². The maximum absolute atomic E-state index is 12.8. The number of rotatable bonds is 6. The van der Waals surface area contributed by atoms with Gasteiger partial charge in [-0.3, -0.25) is 14.4 Å². The van der Waals surface area contributed by atoms with Crippen LogP contribution in [-0.4, -0.2) is 62.4 Å². The summed E-state index contributed by atoms with van der Waals surface area (Å²) < 4.78 is 21.2. The van der Waals surface area contributed by atoms with Gasteiger partial charge in [-0.1, -0.05) is 6.07 Å². The highest BCUT2D eigenvalue weighted by Crippen LogP contribution is 2.32. The van der Waals surface area contributed by atoms with Gasteiger partial charge in [-0.15, -0.1) is 0 Å². The van der Waals surface area contributed by atoms with Gasteiger partial charge in [-0.2, -0.15) is 0 Å². The number of ether oxygens (including phenoxy) is 4. The van der Waals surface area contributed by atoms with Crippen LogP contribution in [0.3, 0.4) is 0 Å². The molecule has 3 amide bonds. The fraction of sp³-hybridized carbons (Fsp3) is 0.318. The lowest BCUT2D eigenvalue weighted by Gasteiger charge is -2.23. The van der Waals surface area contributed by atoms with Gasteiger partial charge in [0.25, 0.3) is 5.91 Å². The second-order valence-electron chi connectivity index (χ2n) is 7.13. The normalized spacial score (nSPS) is 16.5. The fourth-order valence-electron chi connectivity index (χ4n) is 3.40. The van der Waals surface area contributed by atoms with Crippen LogP contribution in [-0.2, 0) is 20.9 Å². The minimum Gasteiger partial charge on any atom is -0.497 e. The molecule has 10 heteroatoms. The van der Waals surface area contributed by atoms with E-state index in [0.29, 0.717) is 36.0 Å². The van der Waals surface area contributed by atoms with E-state index in [4.69, 9.17) is 18.9 Å². The van der Waals surface area contributed by atoms with Crippen LogP contribution < -0.4 is 24.8 Å². The van der Waals surface area contributed by atoms with Gasteiger partial charge >= 0.3 is 11.8 Å². The molecule has 0 aliphatic carbocycles. The SMILES string of the molecule is COc1ccc(C(=O)N2CCO[C@@H]2CNC(=O)C(=O)NCc2ccc3c(c2)OCO3)cc1. The molecule has 2 N–H and O–H groups in total. The third-order valence-electron chi connectivity index (χ3n) is 5.12. The van der Waals surface area contributed by atoms with Crippen LogP contribution >= 0.6 is 0 Å². The fourth-order valence-corrected chi connectivity index (χ4v) is 3.40. The van der Waals surface area contributed by atoms with Crippen LogP contribution in [0.2, 0.25) is 0 Å². The molecule has 2 aromatic carbocycles. The number of benzene rings is 2. The molecule has 32 heavy (non-hydrogen) atoms. The lowest BCUT2D eigenvalue weighted by Crippen LogP contribution is -2.47. The Balaban J connectivity index is 1.26. The first-order chi connectivity index (χ1) is 15.5. The molecule has 2 aromatic rings. The van der Waals surface area contributed by atoms with Crippen molar-refractivity contribution in [1.29, 1.82) is 0 Å². The summed E-state index contributed by atoms with van der Waals surface area (Å²) in [7, 11) is 1.55. The van der Waals surface area contributed by atoms with Crippen molar-refractivity contribution in [2.75, 3.05) is 33.6 Å². The molecule has 0 saturated carbocycles. The number of nitrogens with zero attached hydrogens (tertiary/aromatic N) is 1. The van der Waals surface area contributed by atoms with E-state index in [1.54, 1.807) is 49.6 Å². The summed E-state index contributed by atoms with van der Waals surface area (Å²) in [4.78, 5) is 38.6. The Morgan fingerprint density at radius 3 is 2.56 bits per heavy atom. The third-order valence-corrected chi connectivity index (χ3v) is 5.12. The third kappa shape index (κ3) is 4.75. The molecule has 0 spiro atoms. The van der Waals surface area contributed by atoms with E-state index in [1.807, 2.05) is 0 Å². The van der Waals surface area contributed by atoms with Crippen LogP contribution in [0.4, 0.5) is 0 Å². The Kier molecular flexibility index (Phi) is 6.41. The van der Waals surface area contributed by atoms with Gasteiger partial charge in [0.1, 0.15) is 12.0 Å². The predicted octanol–water partition coefficient (Wildman–Crippen LogP) is 0.655. The Hall–Kier alpha value is -3.79. The second-order valence-corrected chi connectivity index (χ2v) is 7.13. The molecule has 1 fully saturated rings. The summed E-state index contributed by atoms with van der Waals surface area (Å²) in [6.07, 6.45) is -0.657. The standard InChI is InChI=1S/C22H23N3O7/c1-29-16-5-3-15(4-6-16)22(28)25-8-9-30-19(25)12-24-21(27)20(26)23-11-14-2-7-17-18(10-14)32-13-31-17/h2-7,10,19H,8-9,11-13H2,1H3,(H,23,26)(H,24,27)/t19-/m1/s1. The molecule has 2 heterocycles. The largest absolute Gasteiger partial charge is 0.497 e. The molecule has 1 saturated heterocycles. The topological polar surface area (TPSA) is 115 Å². The second kappa shape index (κ2) is 9.56. The van der Waals surface area contributed by atoms with E-state index in [0.717, 1.165) is 5.56 Å². The minimum absolute atomic E-state index is 0.00181. The van der Waals surface area contributed by atoms with E-state index >= 15 is 0 Å². The molecule has 4 rings (SSSR count). The molecule has 0 unspecified atom stereocenters. The first kappa shape index (κ1) is 21.4. The number of nitrogens with one attached hydrogen (secondary N) is 2. The number of hydrogen-bond acceptors (Lipinski definition) is 7. The highest BCUT2D eigenvalue weighted by Gasteiger charge is 2.31. The first-order valence-corrected chi connectivity index (χ1v) is 10.1. The average Bonchev–Trinajstić information content (AvgIpc) is 3.49. The summed E-state index contributed by atoms with van der Waals surface area (Å²) >= 11 is 0. The molecule has 2 aliphatic heterocycles. The molecule has 2 aliphatic rings. The molecule has 0 aromatic heterocycles. The summed E-state index contributed by atoms with van der Waals surface area (Å²) in [6.45, 7) is 1.05. The predicted molar refractivity (Wildman–Crippen MR) is 111 cm³/mol. The smallest absolute Gasteiger partial charge is 0.309 e. The highest BCUT2D eigenvalue weighted by atomic mass is 16.7. The Morgan fingerprint density at radius 2 is 1.78 bits per heavy atom. The lowest BCUT2D eigenvalue weighted by atomic mass is 10.2. The van der Waals surface area contributed by atoms with Gasteiger partial charge in [0.2, 0.25) is 6.79 Å². The number of hydrogen-bond donors (Lipinski definition) is 2. The number of carbonyl (C=O) groups excluding carboxylic acids is 3. The molecule has 0 radical (unpaired) electrons. The van der Waals surface area contributed by atoms with E-state index in [-0.39, 0.29) is 25.8 Å². The van der Waals surface area contributed by atoms with Crippen molar-refractivity contribution in [2.24, 2.45) is 0 Å². The Bertz CT molecular complexity index is 1010. The van der Waals surface area contributed by atoms with Crippen molar-refractivity contribution in [3.63, 3.8) is 0 Å². The molecule has 0 bridgehead atoms. The lowest BCUT2D eigenvalue weighted by molar-refractivity contribution is -0.139. The van der Waals surface area contributed by atoms with E-state index in [1.165, 1.54) is 4.90 Å². The van der Waals surface area contributed by atoms with E-state index < -0.39 is 18.0 Å². The number of fused-ring (bicyclic) bond motifs is 1. The first-order valence-electron chi connectivity index (χ1n) is 10.1. The van der Waals surface area contributed by atoms with Crippen LogP contribution in [0.15, 0.2) is 42.5 Å². The summed E-state index contributed by atoms with van der Waals surface area (Å²) in [5, 5.41) is 5.08. The number of carbonyl (C=O) groups is 3. The zero-order valence-electron chi connectivity index (χ0n) is 17.5. The highest BCUT2D eigenvalue weighted by molar-refractivity contribution is 6.35. The number of amides is 3. The van der Waals surface area contributed by atoms with Gasteiger partial charge in [0, 0.05) is 18.7 Å². The monoisotopic (exact) mass is 441 g/mol. The molecular weight excluding hydrogens is 418 g/mol. The summed E-state index contributed by atoms with van der Waals surface area (Å²) in [5.41, 5.74) is 1.25. The van der Waals surface area contributed by atoms with E-state index in [9.17, 15) is 14.4 Å². The van der Waals surface area contributed by atoms with Crippen molar-refractivity contribution >= 4 is 17.7 Å². The molecule has 168 valence electrons. The number of methoxy groups -OCH3 is 1. The van der Waals surface area contributed by atoms with Gasteiger partial charge < -0.3 is 34.5 Å². The van der Waals surface area contributed by atoms with Crippen LogP contribution in [0.5, 0.6) is 17.2 Å². The summed E-state index contributed by atoms with van der Waals surface area (Å²) in [6, 6.07) is 12.0. The van der Waals surface area contributed by atoms with Gasteiger partial charge in [0.05, 0.1) is 20.3 Å². The van der Waals surface area contributed by atoms with Crippen LogP contribution in [0.25, 0.3) is 0 Å². The quantitative estimate of drug-likeness (QED) is 0.633. The van der Waals surface area contributed by atoms with Crippen LogP contribution in [0.1, 0.15) is 15.9 Å². The van der Waals surface area contributed by atoms with Gasteiger partial charge in [-0.25, -0.2) is 0 Å². The Morgan fingerprint density at radius 1 is 1.03 bits per heavy atom. The van der Waals surface area contributed by atoms with Crippen molar-refractivity contribution in [3.05, 3.63) is 53.6 Å². The zero-order valence-corrected chi connectivity index (χ0v) is 17.5. The summed E-state index contributed by atoms with van der Waals surface area (Å²) in [5.74, 6) is 0.0718. The minimum atomic E-state index is -0.807. The molecule has 10 nitrogen and oxygen atoms in total. The van der Waals surface area contributed by atoms with Gasteiger partial charge in [0.15, 0.2) is 11.5 Å².